The zero-order valence-electron chi connectivity index (χ0n) is 30.3. The second-order valence-electron chi connectivity index (χ2n) is 14.3. The molecule has 0 unspecified atom stereocenters. The Morgan fingerprint density at radius 2 is 1.69 bits per heavy atom. The number of morpholine rings is 1. The van der Waals surface area contributed by atoms with E-state index in [1.807, 2.05) is 60.7 Å². The predicted octanol–water partition coefficient (Wildman–Crippen LogP) is 2.52. The van der Waals surface area contributed by atoms with E-state index in [4.69, 9.17) is 18.9 Å². The number of halogens is 1. The Morgan fingerprint density at radius 3 is 2.39 bits per heavy atom. The van der Waals surface area contributed by atoms with Crippen molar-refractivity contribution >= 4 is 39.6 Å². The molecule has 0 saturated carbocycles. The minimum atomic E-state index is -1.54. The van der Waals surface area contributed by atoms with Crippen LogP contribution in [0, 0.1) is 11.8 Å². The maximum atomic E-state index is 15.2. The van der Waals surface area contributed by atoms with Gasteiger partial charge < -0.3 is 39.2 Å². The van der Waals surface area contributed by atoms with Crippen LogP contribution in [0.4, 0.5) is 0 Å². The van der Waals surface area contributed by atoms with Crippen LogP contribution in [0.1, 0.15) is 36.1 Å². The van der Waals surface area contributed by atoms with Gasteiger partial charge in [-0.15, -0.1) is 0 Å². The summed E-state index contributed by atoms with van der Waals surface area (Å²) in [5.74, 6) is -4.10. The van der Waals surface area contributed by atoms with Crippen LogP contribution in [-0.2, 0) is 38.1 Å². The van der Waals surface area contributed by atoms with Crippen LogP contribution in [0.5, 0.6) is 0 Å². The number of fused-ring (bicyclic) bond motifs is 2. The number of nitrogens with zero attached hydrogens (tertiary/aromatic N) is 3. The molecule has 5 heterocycles. The average Bonchev–Trinajstić information content (AvgIpc) is 3.79. The number of esters is 1. The third-order valence-electron chi connectivity index (χ3n) is 11.1. The Morgan fingerprint density at radius 1 is 0.963 bits per heavy atom. The monoisotopic (exact) mass is 806 g/mol. The van der Waals surface area contributed by atoms with Crippen LogP contribution in [-0.4, -0.2) is 134 Å². The van der Waals surface area contributed by atoms with Crippen molar-refractivity contribution in [2.75, 3.05) is 66.3 Å². The third kappa shape index (κ3) is 7.39. The van der Waals surface area contributed by atoms with Crippen molar-refractivity contribution in [1.82, 2.24) is 20.0 Å². The number of carbonyl (C=O) groups is 4. The first-order valence-electron chi connectivity index (χ1n) is 18.6. The number of cyclic esters (lactones) is 1. The normalized spacial score (nSPS) is 31.9. The van der Waals surface area contributed by atoms with Gasteiger partial charge >= 0.3 is 5.97 Å². The number of hydrogen-bond acceptors (Lipinski definition) is 10. The summed E-state index contributed by atoms with van der Waals surface area (Å²) in [6, 6.07) is 15.3. The van der Waals surface area contributed by atoms with Crippen LogP contribution < -0.4 is 5.32 Å². The first-order valence-corrected chi connectivity index (χ1v) is 19.4. The minimum absolute atomic E-state index is 0.0482. The van der Waals surface area contributed by atoms with Crippen molar-refractivity contribution in [2.24, 2.45) is 11.8 Å². The molecule has 5 bridgehead atoms. The van der Waals surface area contributed by atoms with Crippen LogP contribution >= 0.6 is 15.9 Å². The zero-order chi connectivity index (χ0) is 37.8. The summed E-state index contributed by atoms with van der Waals surface area (Å²) >= 11 is 3.64. The van der Waals surface area contributed by atoms with Gasteiger partial charge in [0.15, 0.2) is 0 Å². The molecule has 54 heavy (non-hydrogen) atoms. The van der Waals surface area contributed by atoms with Gasteiger partial charge in [0.2, 0.25) is 17.7 Å². The topological polar surface area (TPSA) is 147 Å². The Balaban J connectivity index is 1.33. The molecule has 3 saturated heterocycles. The summed E-state index contributed by atoms with van der Waals surface area (Å²) in [6.45, 7) is 3.37. The minimum Gasteiger partial charge on any atom is -0.455 e. The van der Waals surface area contributed by atoms with Gasteiger partial charge in [-0.2, -0.15) is 0 Å². The summed E-state index contributed by atoms with van der Waals surface area (Å²) in [7, 11) is 1.51. The molecule has 3 amide bonds. The van der Waals surface area contributed by atoms with E-state index >= 15 is 9.59 Å². The lowest BCUT2D eigenvalue weighted by Crippen LogP contribution is -2.57. The highest BCUT2D eigenvalue weighted by Crippen LogP contribution is 2.60. The molecule has 0 aromatic heterocycles. The molecule has 2 aromatic carbocycles. The zero-order valence-corrected chi connectivity index (χ0v) is 31.8. The number of carbonyl (C=O) groups excluding carboxylic acids is 4. The van der Waals surface area contributed by atoms with Crippen LogP contribution in [0.15, 0.2) is 83.4 Å². The van der Waals surface area contributed by atoms with Gasteiger partial charge in [-0.1, -0.05) is 88.7 Å². The molecule has 288 valence electrons. The molecule has 14 heteroatoms. The standard InChI is InChI=1S/C40H47BrN4O9/c1-51-25-29-34(27-13-7-3-8-14-27)53-39(50)32-33-37(48)45(30(24-46)26-11-5-2-6-12-26)36(40(33)23-28(41)35(32)54-40)38(49)44(16-10-4-9-15-31(47)42-29)18-17-43-19-21-52-22-20-43/h2-8,10-14,23,29-30,32-36,46H,9,15-22,24-25H2,1H3,(H,42,47)/b10-4-/t29-,30-,32+,33-,34-,35+,36+,40-/m1/s1. The van der Waals surface area contributed by atoms with Crippen LogP contribution in [0.3, 0.4) is 0 Å². The lowest BCUT2D eigenvalue weighted by atomic mass is 9.74. The fourth-order valence-corrected chi connectivity index (χ4v) is 9.28. The molecule has 3 fully saturated rings. The highest BCUT2D eigenvalue weighted by Gasteiger charge is 2.75. The largest absolute Gasteiger partial charge is 0.455 e. The Bertz CT molecular complexity index is 1740. The number of hydrogen-bond donors (Lipinski definition) is 2. The highest BCUT2D eigenvalue weighted by molar-refractivity contribution is 9.11. The molecule has 0 radical (unpaired) electrons. The SMILES string of the molecule is COC[C@H]1NC(=O)CC/C=C\CN(CCN2CCOCC2)C(=O)[C@@H]2N([C@H](CO)c3ccccc3)C(=O)[C@H]3[C@H](C(=O)O[C@@H]1c1ccccc1)[C@H]1O[C@@]23C=C1Br. The van der Waals surface area contributed by atoms with Crippen molar-refractivity contribution < 1.29 is 43.2 Å². The lowest BCUT2D eigenvalue weighted by Gasteiger charge is -2.39. The summed E-state index contributed by atoms with van der Waals surface area (Å²) in [6.07, 6.45) is 4.19. The Labute approximate surface area is 323 Å². The number of aliphatic hydroxyl groups is 1. The van der Waals surface area contributed by atoms with Gasteiger partial charge in [-0.25, -0.2) is 0 Å². The smallest absolute Gasteiger partial charge is 0.313 e. The first kappa shape index (κ1) is 38.4. The number of ether oxygens (including phenoxy) is 4. The first-order chi connectivity index (χ1) is 26.3. The van der Waals surface area contributed by atoms with Crippen molar-refractivity contribution in [1.29, 1.82) is 0 Å². The van der Waals surface area contributed by atoms with Crippen LogP contribution in [0.25, 0.3) is 0 Å². The summed E-state index contributed by atoms with van der Waals surface area (Å²) in [4.78, 5) is 63.7. The number of nitrogens with one attached hydrogen (secondary N) is 1. The molecule has 2 aromatic rings. The lowest BCUT2D eigenvalue weighted by molar-refractivity contribution is -0.163. The number of allylic oxidation sites excluding steroid dienone is 1. The number of methoxy groups -OCH3 is 1. The molecule has 5 aliphatic heterocycles. The molecule has 0 aliphatic carbocycles. The molecule has 1 spiro atoms. The molecule has 5 aliphatic rings. The van der Waals surface area contributed by atoms with E-state index in [0.717, 1.165) is 13.1 Å². The number of amides is 3. The van der Waals surface area contributed by atoms with E-state index < -0.39 is 66.3 Å². The predicted molar refractivity (Wildman–Crippen MR) is 200 cm³/mol. The second kappa shape index (κ2) is 16.8. The van der Waals surface area contributed by atoms with Crippen molar-refractivity contribution in [2.45, 2.75) is 48.8 Å². The number of aliphatic hydroxyl groups excluding tert-OH is 1. The quantitative estimate of drug-likeness (QED) is 0.287. The summed E-state index contributed by atoms with van der Waals surface area (Å²) in [5, 5.41) is 14.0. The van der Waals surface area contributed by atoms with E-state index in [1.54, 1.807) is 23.1 Å². The maximum Gasteiger partial charge on any atom is 0.313 e. The van der Waals surface area contributed by atoms with Gasteiger partial charge in [0, 0.05) is 50.7 Å². The Hall–Kier alpha value is -3.92. The third-order valence-corrected chi connectivity index (χ3v) is 11.8. The van der Waals surface area contributed by atoms with Gasteiger partial charge in [-0.3, -0.25) is 24.1 Å². The average molecular weight is 808 g/mol. The molecular weight excluding hydrogens is 760 g/mol. The maximum absolute atomic E-state index is 15.2. The van der Waals surface area contributed by atoms with E-state index in [9.17, 15) is 14.7 Å². The van der Waals surface area contributed by atoms with E-state index in [0.29, 0.717) is 48.3 Å². The van der Waals surface area contributed by atoms with Gasteiger partial charge in [0.05, 0.1) is 44.4 Å². The molecule has 13 nitrogen and oxygen atoms in total. The second-order valence-corrected chi connectivity index (χ2v) is 15.2. The fraction of sp³-hybridized carbons (Fsp3) is 0.500. The van der Waals surface area contributed by atoms with E-state index in [2.05, 4.69) is 26.1 Å². The fourth-order valence-electron chi connectivity index (χ4n) is 8.55. The van der Waals surface area contributed by atoms with Crippen LogP contribution in [0.2, 0.25) is 0 Å². The van der Waals surface area contributed by atoms with Gasteiger partial charge in [0.1, 0.15) is 29.8 Å². The number of likely N-dealkylation sites (tertiary alicyclic amines) is 1. The summed E-state index contributed by atoms with van der Waals surface area (Å²) in [5.41, 5.74) is -0.267. The van der Waals surface area contributed by atoms with E-state index in [-0.39, 0.29) is 31.4 Å². The van der Waals surface area contributed by atoms with E-state index in [1.165, 1.54) is 12.0 Å². The highest BCUT2D eigenvalue weighted by atomic mass is 79.9. The molecule has 8 atom stereocenters. The van der Waals surface area contributed by atoms with Gasteiger partial charge in [0.25, 0.3) is 0 Å². The molecule has 7 rings (SSSR count). The Kier molecular flexibility index (Phi) is 12.0. The summed E-state index contributed by atoms with van der Waals surface area (Å²) < 4.78 is 24.7. The van der Waals surface area contributed by atoms with Gasteiger partial charge in [-0.05, 0) is 23.6 Å². The number of benzene rings is 2. The van der Waals surface area contributed by atoms with Crippen molar-refractivity contribution in [3.63, 3.8) is 0 Å². The number of rotatable bonds is 9. The molecular formula is C40H47BrN4O9. The van der Waals surface area contributed by atoms with Crippen molar-refractivity contribution in [3.8, 4) is 0 Å². The van der Waals surface area contributed by atoms with Crippen molar-refractivity contribution in [3.05, 3.63) is 94.5 Å². The molecule has 2 N–H and O–H groups in total.